The van der Waals surface area contributed by atoms with Crippen LogP contribution < -0.4 is 9.47 Å². The Labute approximate surface area is 132 Å². The van der Waals surface area contributed by atoms with Gasteiger partial charge in [0.05, 0.1) is 31.4 Å². The van der Waals surface area contributed by atoms with E-state index in [4.69, 9.17) is 14.7 Å². The van der Waals surface area contributed by atoms with Crippen LogP contribution in [0.5, 0.6) is 11.5 Å². The van der Waals surface area contributed by atoms with Crippen molar-refractivity contribution in [3.05, 3.63) is 58.3 Å². The smallest absolute Gasteiger partial charge is 0.273 e. The maximum atomic E-state index is 12.6. The van der Waals surface area contributed by atoms with Crippen LogP contribution in [0.15, 0.2) is 36.4 Å². The molecule has 0 atom stereocenters. The number of ketones is 1. The molecule has 0 radical (unpaired) electrons. The zero-order valence-corrected chi connectivity index (χ0v) is 12.5. The summed E-state index contributed by atoms with van der Waals surface area (Å²) in [5, 5.41) is 21.4. The Hall–Kier alpha value is -3.33. The van der Waals surface area contributed by atoms with Crippen molar-refractivity contribution in [1.29, 1.82) is 5.26 Å². The molecular formula is C17H12N2O4. The minimum absolute atomic E-state index is 0.00366. The molecular weight excluding hydrogens is 296 g/mol. The van der Waals surface area contributed by atoms with Crippen molar-refractivity contribution in [2.75, 3.05) is 14.2 Å². The number of carbonyl (C=O) groups is 1. The van der Waals surface area contributed by atoms with E-state index >= 15 is 0 Å². The fourth-order valence-electron chi connectivity index (χ4n) is 2.54. The Morgan fingerprint density at radius 1 is 1.09 bits per heavy atom. The predicted molar refractivity (Wildman–Crippen MR) is 82.4 cm³/mol. The van der Waals surface area contributed by atoms with E-state index in [0.717, 1.165) is 0 Å². The van der Waals surface area contributed by atoms with E-state index < -0.39 is 5.78 Å². The summed E-state index contributed by atoms with van der Waals surface area (Å²) < 4.78 is 10.9. The largest absolute Gasteiger partial charge is 0.618 e. The summed E-state index contributed by atoms with van der Waals surface area (Å²) in [5.41, 5.74) is 1.22. The van der Waals surface area contributed by atoms with E-state index in [0.29, 0.717) is 27.4 Å². The van der Waals surface area contributed by atoms with Crippen LogP contribution in [0.1, 0.15) is 21.5 Å². The van der Waals surface area contributed by atoms with Crippen molar-refractivity contribution < 1.29 is 19.0 Å². The molecule has 3 rings (SSSR count). The summed E-state index contributed by atoms with van der Waals surface area (Å²) in [5.74, 6) is 0.510. The van der Waals surface area contributed by atoms with Gasteiger partial charge in [0.2, 0.25) is 5.69 Å². The van der Waals surface area contributed by atoms with Gasteiger partial charge in [-0.25, -0.2) is 0 Å². The molecule has 0 saturated carbocycles. The number of nitriles is 1. The number of Topliss-reactive ketones (excluding diaryl/α,β-unsaturated/α-hetero) is 1. The maximum absolute atomic E-state index is 12.6. The molecule has 0 aromatic heterocycles. The van der Waals surface area contributed by atoms with Crippen LogP contribution in [0.3, 0.4) is 0 Å². The Balaban J connectivity index is 2.13. The molecule has 0 N–H and O–H groups in total. The Morgan fingerprint density at radius 2 is 1.83 bits per heavy atom. The van der Waals surface area contributed by atoms with E-state index in [1.807, 2.05) is 6.07 Å². The lowest BCUT2D eigenvalue weighted by Gasteiger charge is -2.08. The number of carbonyl (C=O) groups excluding carboxylic acids is 1. The first kappa shape index (κ1) is 14.6. The SMILES string of the molecule is COc1ccc(C2=[N+]([O-])c3ccc(C#N)cc3C2=O)cc1OC. The monoisotopic (exact) mass is 308 g/mol. The van der Waals surface area contributed by atoms with Gasteiger partial charge in [-0.05, 0) is 30.3 Å². The van der Waals surface area contributed by atoms with Gasteiger partial charge in [0.15, 0.2) is 11.5 Å². The van der Waals surface area contributed by atoms with Gasteiger partial charge in [-0.1, -0.05) is 0 Å². The van der Waals surface area contributed by atoms with Crippen LogP contribution in [0, 0.1) is 16.5 Å². The van der Waals surface area contributed by atoms with E-state index in [1.165, 1.54) is 32.4 Å². The summed E-state index contributed by atoms with van der Waals surface area (Å²) in [6.45, 7) is 0. The second-order valence-corrected chi connectivity index (χ2v) is 4.89. The van der Waals surface area contributed by atoms with Crippen LogP contribution in [0.4, 0.5) is 5.69 Å². The second kappa shape index (κ2) is 5.46. The van der Waals surface area contributed by atoms with Crippen LogP contribution in [-0.2, 0) is 0 Å². The van der Waals surface area contributed by atoms with Crippen molar-refractivity contribution in [2.24, 2.45) is 0 Å². The predicted octanol–water partition coefficient (Wildman–Crippen LogP) is 2.40. The van der Waals surface area contributed by atoms with Gasteiger partial charge in [-0.15, -0.1) is 0 Å². The molecule has 1 heterocycles. The molecule has 0 amide bonds. The van der Waals surface area contributed by atoms with Crippen molar-refractivity contribution in [3.8, 4) is 17.6 Å². The minimum Gasteiger partial charge on any atom is -0.618 e. The number of ether oxygens (including phenoxy) is 2. The van der Waals surface area contributed by atoms with Crippen LogP contribution >= 0.6 is 0 Å². The molecule has 2 aromatic rings. The molecule has 23 heavy (non-hydrogen) atoms. The third-order valence-electron chi connectivity index (χ3n) is 3.66. The summed E-state index contributed by atoms with van der Waals surface area (Å²) >= 11 is 0. The van der Waals surface area contributed by atoms with Crippen LogP contribution in [0.25, 0.3) is 0 Å². The van der Waals surface area contributed by atoms with E-state index in [1.54, 1.807) is 18.2 Å². The second-order valence-electron chi connectivity index (χ2n) is 4.89. The first-order valence-electron chi connectivity index (χ1n) is 6.76. The van der Waals surface area contributed by atoms with Crippen molar-refractivity contribution in [3.63, 3.8) is 0 Å². The number of rotatable bonds is 3. The zero-order valence-electron chi connectivity index (χ0n) is 12.5. The van der Waals surface area contributed by atoms with Crippen LogP contribution in [0.2, 0.25) is 0 Å². The fraction of sp³-hybridized carbons (Fsp3) is 0.118. The standard InChI is InChI=1S/C17H12N2O4/c1-22-14-6-4-11(8-15(14)23-2)16-17(20)12-7-10(9-18)3-5-13(12)19(16)21/h3-8H,1-2H3. The molecule has 6 heteroatoms. The fourth-order valence-corrected chi connectivity index (χ4v) is 2.54. The Kier molecular flexibility index (Phi) is 3.47. The van der Waals surface area contributed by atoms with Gasteiger partial charge >= 0.3 is 0 Å². The molecule has 0 spiro atoms. The molecule has 1 aliphatic rings. The quantitative estimate of drug-likeness (QED) is 0.642. The maximum Gasteiger partial charge on any atom is 0.273 e. The molecule has 0 unspecified atom stereocenters. The normalized spacial score (nSPS) is 12.8. The topological polar surface area (TPSA) is 85.4 Å². The van der Waals surface area contributed by atoms with Gasteiger partial charge in [-0.3, -0.25) is 4.79 Å². The number of nitrogens with zero attached hydrogens (tertiary/aromatic N) is 2. The zero-order chi connectivity index (χ0) is 16.6. The van der Waals surface area contributed by atoms with Gasteiger partial charge in [0.25, 0.3) is 11.5 Å². The Morgan fingerprint density at radius 3 is 2.48 bits per heavy atom. The molecule has 6 nitrogen and oxygen atoms in total. The van der Waals surface area contributed by atoms with Gasteiger partial charge in [0, 0.05) is 6.07 Å². The van der Waals surface area contributed by atoms with Crippen molar-refractivity contribution >= 4 is 17.2 Å². The number of hydrogen-bond donors (Lipinski definition) is 0. The van der Waals surface area contributed by atoms with E-state index in [9.17, 15) is 10.0 Å². The number of methoxy groups -OCH3 is 2. The summed E-state index contributed by atoms with van der Waals surface area (Å²) in [4.78, 5) is 12.6. The number of hydrogen-bond acceptors (Lipinski definition) is 5. The molecule has 0 fully saturated rings. The highest BCUT2D eigenvalue weighted by atomic mass is 16.5. The highest BCUT2D eigenvalue weighted by Crippen LogP contribution is 2.32. The average molecular weight is 308 g/mol. The lowest BCUT2D eigenvalue weighted by molar-refractivity contribution is -0.355. The Bertz CT molecular complexity index is 894. The summed E-state index contributed by atoms with van der Waals surface area (Å²) in [6.07, 6.45) is 0. The number of benzene rings is 2. The summed E-state index contributed by atoms with van der Waals surface area (Å²) in [7, 11) is 2.98. The van der Waals surface area contributed by atoms with Crippen LogP contribution in [-0.4, -0.2) is 30.5 Å². The molecule has 0 bridgehead atoms. The highest BCUT2D eigenvalue weighted by molar-refractivity contribution is 6.52. The minimum atomic E-state index is -0.417. The number of fused-ring (bicyclic) bond motifs is 1. The molecule has 0 aliphatic carbocycles. The van der Waals surface area contributed by atoms with Gasteiger partial charge in [-0.2, -0.15) is 10.0 Å². The average Bonchev–Trinajstić information content (AvgIpc) is 2.84. The molecule has 0 saturated heterocycles. The van der Waals surface area contributed by atoms with Gasteiger partial charge in [0.1, 0.15) is 5.56 Å². The van der Waals surface area contributed by atoms with E-state index in [2.05, 4.69) is 0 Å². The first-order valence-corrected chi connectivity index (χ1v) is 6.76. The van der Waals surface area contributed by atoms with Gasteiger partial charge < -0.3 is 14.7 Å². The molecule has 114 valence electrons. The summed E-state index contributed by atoms with van der Waals surface area (Å²) in [6, 6.07) is 11.2. The third kappa shape index (κ3) is 2.19. The lowest BCUT2D eigenvalue weighted by atomic mass is 10.0. The molecule has 1 aliphatic heterocycles. The lowest BCUT2D eigenvalue weighted by Crippen LogP contribution is -2.16. The highest BCUT2D eigenvalue weighted by Gasteiger charge is 2.37. The third-order valence-corrected chi connectivity index (χ3v) is 3.66. The van der Waals surface area contributed by atoms with Crippen molar-refractivity contribution in [2.45, 2.75) is 0 Å². The molecule has 2 aromatic carbocycles. The first-order chi connectivity index (χ1) is 11.1. The van der Waals surface area contributed by atoms with Crippen molar-refractivity contribution in [1.82, 2.24) is 0 Å². The van der Waals surface area contributed by atoms with E-state index in [-0.39, 0.29) is 17.0 Å².